The molecule has 2 saturated carbocycles. The lowest BCUT2D eigenvalue weighted by atomic mass is 9.86. The lowest BCUT2D eigenvalue weighted by Gasteiger charge is -2.20. The van der Waals surface area contributed by atoms with Crippen LogP contribution in [-0.2, 0) is 0 Å². The van der Waals surface area contributed by atoms with Gasteiger partial charge in [0.15, 0.2) is 0 Å². The second-order valence-corrected chi connectivity index (χ2v) is 4.30. The zero-order valence-electron chi connectivity index (χ0n) is 7.13. The Morgan fingerprint density at radius 2 is 2.09 bits per heavy atom. The Kier molecular flexibility index (Phi) is 2.17. The molecule has 2 rings (SSSR count). The average molecular weight is 154 g/mol. The van der Waals surface area contributed by atoms with Crippen molar-refractivity contribution in [3.63, 3.8) is 0 Å². The summed E-state index contributed by atoms with van der Waals surface area (Å²) in [6.45, 7) is 0.397. The largest absolute Gasteiger partial charge is 0.396 e. The molecule has 2 aliphatic rings. The molecule has 0 amide bonds. The fourth-order valence-corrected chi connectivity index (χ4v) is 3.08. The first kappa shape index (κ1) is 7.60. The zero-order chi connectivity index (χ0) is 7.68. The molecule has 2 aliphatic carbocycles. The van der Waals surface area contributed by atoms with Gasteiger partial charge >= 0.3 is 0 Å². The number of hydrogen-bond acceptors (Lipinski definition) is 1. The molecule has 11 heavy (non-hydrogen) atoms. The van der Waals surface area contributed by atoms with Gasteiger partial charge in [-0.2, -0.15) is 0 Å². The Bertz CT molecular complexity index is 133. The zero-order valence-corrected chi connectivity index (χ0v) is 7.13. The normalized spacial score (nSPS) is 41.7. The third-order valence-electron chi connectivity index (χ3n) is 3.62. The van der Waals surface area contributed by atoms with Crippen LogP contribution >= 0.6 is 0 Å². The topological polar surface area (TPSA) is 20.2 Å². The SMILES string of the molecule is OCCC[C@@H]1C[C@@H]2CC[C@@H]1C2. The molecular formula is C10H18O. The molecular weight excluding hydrogens is 136 g/mol. The molecule has 1 heteroatoms. The maximum atomic E-state index is 8.70. The standard InChI is InChI=1S/C10H18O/c11-5-1-2-9-6-8-3-4-10(9)7-8/h8-11H,1-7H2/t8-,9+,10+/m0/s1. The van der Waals surface area contributed by atoms with Crippen molar-refractivity contribution in [3.8, 4) is 0 Å². The molecule has 2 fully saturated rings. The Labute approximate surface area is 68.8 Å². The molecule has 1 nitrogen and oxygen atoms in total. The fraction of sp³-hybridized carbons (Fsp3) is 1.00. The first-order valence-corrected chi connectivity index (χ1v) is 5.01. The molecule has 0 unspecified atom stereocenters. The van der Waals surface area contributed by atoms with Crippen LogP contribution in [0.3, 0.4) is 0 Å². The van der Waals surface area contributed by atoms with Gasteiger partial charge in [0, 0.05) is 6.61 Å². The van der Waals surface area contributed by atoms with Crippen molar-refractivity contribution in [2.45, 2.75) is 38.5 Å². The summed E-state index contributed by atoms with van der Waals surface area (Å²) >= 11 is 0. The van der Waals surface area contributed by atoms with Crippen LogP contribution in [-0.4, -0.2) is 11.7 Å². The van der Waals surface area contributed by atoms with E-state index < -0.39 is 0 Å². The highest BCUT2D eigenvalue weighted by atomic mass is 16.2. The summed E-state index contributed by atoms with van der Waals surface area (Å²) in [6.07, 6.45) is 8.30. The van der Waals surface area contributed by atoms with Crippen LogP contribution in [0.15, 0.2) is 0 Å². The Morgan fingerprint density at radius 1 is 1.18 bits per heavy atom. The van der Waals surface area contributed by atoms with E-state index in [1.807, 2.05) is 0 Å². The molecule has 0 radical (unpaired) electrons. The van der Waals surface area contributed by atoms with E-state index in [1.54, 1.807) is 0 Å². The Morgan fingerprint density at radius 3 is 2.64 bits per heavy atom. The summed E-state index contributed by atoms with van der Waals surface area (Å²) in [4.78, 5) is 0. The molecule has 0 aromatic rings. The van der Waals surface area contributed by atoms with Gasteiger partial charge in [-0.3, -0.25) is 0 Å². The van der Waals surface area contributed by atoms with E-state index in [0.29, 0.717) is 6.61 Å². The first-order chi connectivity index (χ1) is 5.40. The lowest BCUT2D eigenvalue weighted by Crippen LogP contribution is -2.10. The number of aliphatic hydroxyl groups is 1. The van der Waals surface area contributed by atoms with E-state index in [9.17, 15) is 0 Å². The monoisotopic (exact) mass is 154 g/mol. The van der Waals surface area contributed by atoms with Gasteiger partial charge in [0.1, 0.15) is 0 Å². The van der Waals surface area contributed by atoms with Gasteiger partial charge in [-0.1, -0.05) is 6.42 Å². The Balaban J connectivity index is 1.78. The second kappa shape index (κ2) is 3.14. The van der Waals surface area contributed by atoms with Crippen molar-refractivity contribution in [2.75, 3.05) is 6.61 Å². The van der Waals surface area contributed by atoms with E-state index in [-0.39, 0.29) is 0 Å². The van der Waals surface area contributed by atoms with Gasteiger partial charge in [0.05, 0.1) is 0 Å². The Hall–Kier alpha value is -0.0400. The van der Waals surface area contributed by atoms with Crippen LogP contribution in [0.4, 0.5) is 0 Å². The highest BCUT2D eigenvalue weighted by Gasteiger charge is 2.38. The van der Waals surface area contributed by atoms with Crippen molar-refractivity contribution in [2.24, 2.45) is 17.8 Å². The number of hydrogen-bond donors (Lipinski definition) is 1. The van der Waals surface area contributed by atoms with Crippen molar-refractivity contribution in [3.05, 3.63) is 0 Å². The molecule has 0 aliphatic heterocycles. The summed E-state index contributed by atoms with van der Waals surface area (Å²) in [5, 5.41) is 8.70. The van der Waals surface area contributed by atoms with Crippen molar-refractivity contribution < 1.29 is 5.11 Å². The molecule has 0 heterocycles. The third kappa shape index (κ3) is 1.44. The van der Waals surface area contributed by atoms with Crippen molar-refractivity contribution in [1.82, 2.24) is 0 Å². The highest BCUT2D eigenvalue weighted by Crippen LogP contribution is 2.49. The molecule has 1 N–H and O–H groups in total. The minimum absolute atomic E-state index is 0.397. The van der Waals surface area contributed by atoms with Crippen molar-refractivity contribution in [1.29, 1.82) is 0 Å². The van der Waals surface area contributed by atoms with Crippen LogP contribution in [0.5, 0.6) is 0 Å². The summed E-state index contributed by atoms with van der Waals surface area (Å²) in [5.41, 5.74) is 0. The molecule has 0 aromatic carbocycles. The van der Waals surface area contributed by atoms with E-state index in [1.165, 1.54) is 32.1 Å². The fourth-order valence-electron chi connectivity index (χ4n) is 3.08. The van der Waals surface area contributed by atoms with E-state index in [0.717, 1.165) is 24.2 Å². The summed E-state index contributed by atoms with van der Waals surface area (Å²) in [7, 11) is 0. The molecule has 2 bridgehead atoms. The quantitative estimate of drug-likeness (QED) is 0.660. The molecule has 0 aromatic heterocycles. The number of rotatable bonds is 3. The van der Waals surface area contributed by atoms with Crippen LogP contribution in [0.25, 0.3) is 0 Å². The van der Waals surface area contributed by atoms with Crippen LogP contribution in [0.1, 0.15) is 38.5 Å². The maximum Gasteiger partial charge on any atom is 0.0431 e. The van der Waals surface area contributed by atoms with Gasteiger partial charge < -0.3 is 5.11 Å². The highest BCUT2D eigenvalue weighted by molar-refractivity contribution is 4.89. The summed E-state index contributed by atoms with van der Waals surface area (Å²) in [5.74, 6) is 3.11. The summed E-state index contributed by atoms with van der Waals surface area (Å²) < 4.78 is 0. The number of aliphatic hydroxyl groups excluding tert-OH is 1. The summed E-state index contributed by atoms with van der Waals surface area (Å²) in [6, 6.07) is 0. The van der Waals surface area contributed by atoms with Gasteiger partial charge in [-0.15, -0.1) is 0 Å². The molecule has 3 atom stereocenters. The molecule has 64 valence electrons. The first-order valence-electron chi connectivity index (χ1n) is 5.01. The van der Waals surface area contributed by atoms with Gasteiger partial charge in [-0.05, 0) is 49.9 Å². The van der Waals surface area contributed by atoms with Crippen LogP contribution in [0.2, 0.25) is 0 Å². The van der Waals surface area contributed by atoms with Crippen LogP contribution in [0, 0.1) is 17.8 Å². The maximum absolute atomic E-state index is 8.70. The predicted molar refractivity (Wildman–Crippen MR) is 45.3 cm³/mol. The van der Waals surface area contributed by atoms with E-state index in [4.69, 9.17) is 5.11 Å². The third-order valence-corrected chi connectivity index (χ3v) is 3.62. The average Bonchev–Trinajstić information content (AvgIpc) is 2.60. The van der Waals surface area contributed by atoms with Crippen molar-refractivity contribution >= 4 is 0 Å². The lowest BCUT2D eigenvalue weighted by molar-refractivity contribution is 0.245. The van der Waals surface area contributed by atoms with E-state index >= 15 is 0 Å². The predicted octanol–water partition coefficient (Wildman–Crippen LogP) is 2.20. The number of fused-ring (bicyclic) bond motifs is 2. The van der Waals surface area contributed by atoms with Gasteiger partial charge in [0.2, 0.25) is 0 Å². The van der Waals surface area contributed by atoms with E-state index in [2.05, 4.69) is 0 Å². The molecule has 0 saturated heterocycles. The molecule has 0 spiro atoms. The van der Waals surface area contributed by atoms with Gasteiger partial charge in [-0.25, -0.2) is 0 Å². The smallest absolute Gasteiger partial charge is 0.0431 e. The van der Waals surface area contributed by atoms with Gasteiger partial charge in [0.25, 0.3) is 0 Å². The minimum atomic E-state index is 0.397. The second-order valence-electron chi connectivity index (χ2n) is 4.30. The van der Waals surface area contributed by atoms with Crippen LogP contribution < -0.4 is 0 Å². The minimum Gasteiger partial charge on any atom is -0.396 e.